The van der Waals surface area contributed by atoms with Crippen molar-refractivity contribution < 1.29 is 37.0 Å². The van der Waals surface area contributed by atoms with E-state index in [2.05, 4.69) is 35.6 Å². The molecule has 1 N–H and O–H groups in total. The molecule has 220 valence electrons. The van der Waals surface area contributed by atoms with Gasteiger partial charge < -0.3 is 24.1 Å². The molecule has 5 rings (SSSR count). The molecule has 0 unspecified atom stereocenters. The molecule has 1 aliphatic heterocycles. The number of halogens is 3. The van der Waals surface area contributed by atoms with E-state index in [1.807, 2.05) is 10.6 Å². The van der Waals surface area contributed by atoms with E-state index in [1.165, 1.54) is 18.2 Å². The maximum Gasteiger partial charge on any atom is 0.586 e. The Morgan fingerprint density at radius 1 is 1.00 bits per heavy atom. The number of carbonyl (C=O) groups excluding carboxylic acids is 2. The van der Waals surface area contributed by atoms with Crippen LogP contribution in [0.25, 0.3) is 10.9 Å². The van der Waals surface area contributed by atoms with Crippen molar-refractivity contribution in [3.63, 3.8) is 0 Å². The smallest absolute Gasteiger partial charge is 0.444 e. The van der Waals surface area contributed by atoms with Crippen molar-refractivity contribution in [1.82, 2.24) is 9.88 Å². The number of ketones is 1. The zero-order valence-electron chi connectivity index (χ0n) is 24.1. The van der Waals surface area contributed by atoms with E-state index in [9.17, 15) is 18.4 Å². The number of Topliss-reactive ketones (excluding diaryl/α,β-unsaturated/α-hetero) is 1. The Morgan fingerprint density at radius 2 is 1.68 bits per heavy atom. The van der Waals surface area contributed by atoms with Gasteiger partial charge in [-0.1, -0.05) is 26.8 Å². The van der Waals surface area contributed by atoms with Crippen LogP contribution < -0.4 is 14.8 Å². The van der Waals surface area contributed by atoms with Crippen molar-refractivity contribution in [2.75, 3.05) is 6.54 Å². The second-order valence-corrected chi connectivity index (χ2v) is 12.9. The normalized spacial score (nSPS) is 17.0. The average Bonchev–Trinajstić information content (AvgIpc) is 3.48. The number of ether oxygens (including phenoxy) is 3. The van der Waals surface area contributed by atoms with Crippen LogP contribution in [-0.4, -0.2) is 34.9 Å². The number of carbonyl (C=O) groups is 2. The lowest BCUT2D eigenvalue weighted by molar-refractivity contribution is -0.286. The van der Waals surface area contributed by atoms with Gasteiger partial charge in [0.25, 0.3) is 0 Å². The Kier molecular flexibility index (Phi) is 6.82. The van der Waals surface area contributed by atoms with Gasteiger partial charge in [0.15, 0.2) is 11.5 Å². The minimum Gasteiger partial charge on any atom is -0.444 e. The summed E-state index contributed by atoms with van der Waals surface area (Å²) in [5.41, 5.74) is 0.686. The minimum absolute atomic E-state index is 0.0843. The molecule has 0 saturated heterocycles. The Balaban J connectivity index is 1.38. The van der Waals surface area contributed by atoms with Crippen LogP contribution >= 0.6 is 0 Å². The van der Waals surface area contributed by atoms with Crippen molar-refractivity contribution in [3.8, 4) is 11.5 Å². The summed E-state index contributed by atoms with van der Waals surface area (Å²) in [6.45, 7) is 12.2. The van der Waals surface area contributed by atoms with Crippen molar-refractivity contribution in [2.45, 2.75) is 90.1 Å². The number of hydrogen-bond acceptors (Lipinski definition) is 5. The molecule has 7 nitrogen and oxygen atoms in total. The first kappa shape index (κ1) is 28.8. The Bertz CT molecular complexity index is 1530. The maximum atomic E-state index is 15.5. The average molecular weight is 573 g/mol. The van der Waals surface area contributed by atoms with Crippen LogP contribution in [0.5, 0.6) is 11.5 Å². The van der Waals surface area contributed by atoms with Crippen molar-refractivity contribution in [3.05, 3.63) is 59.0 Å². The fourth-order valence-corrected chi connectivity index (χ4v) is 5.36. The molecule has 2 heterocycles. The number of fused-ring (bicyclic) bond motifs is 2. The highest BCUT2D eigenvalue weighted by Crippen LogP contribution is 2.52. The van der Waals surface area contributed by atoms with Crippen molar-refractivity contribution in [2.24, 2.45) is 0 Å². The van der Waals surface area contributed by atoms with E-state index < -0.39 is 29.2 Å². The number of amides is 1. The molecule has 0 radical (unpaired) electrons. The number of benzene rings is 2. The van der Waals surface area contributed by atoms with Crippen LogP contribution in [0.4, 0.5) is 18.0 Å². The fraction of sp³-hybridized carbons (Fsp3) is 0.484. The molecule has 1 saturated carbocycles. The number of nitrogens with one attached hydrogen (secondary N) is 1. The first-order valence-electron chi connectivity index (χ1n) is 13.7. The molecule has 1 aromatic heterocycles. The largest absolute Gasteiger partial charge is 0.586 e. The summed E-state index contributed by atoms with van der Waals surface area (Å²) < 4.78 is 58.8. The fourth-order valence-electron chi connectivity index (χ4n) is 5.36. The number of aromatic nitrogens is 1. The van der Waals surface area contributed by atoms with Crippen molar-refractivity contribution in [1.29, 1.82) is 0 Å². The Labute approximate surface area is 236 Å². The maximum absolute atomic E-state index is 15.5. The van der Waals surface area contributed by atoms with Gasteiger partial charge in [0, 0.05) is 36.0 Å². The summed E-state index contributed by atoms with van der Waals surface area (Å²) in [6.07, 6.45) is -3.32. The third-order valence-electron chi connectivity index (χ3n) is 7.43. The van der Waals surface area contributed by atoms with Crippen molar-refractivity contribution >= 4 is 22.8 Å². The molecular weight excluding hydrogens is 537 g/mol. The molecule has 10 heteroatoms. The zero-order valence-corrected chi connectivity index (χ0v) is 24.1. The van der Waals surface area contributed by atoms with Gasteiger partial charge >= 0.3 is 12.4 Å². The van der Waals surface area contributed by atoms with E-state index >= 15 is 4.39 Å². The number of nitrogens with zero attached hydrogens (tertiary/aromatic N) is 1. The lowest BCUT2D eigenvalue weighted by atomic mass is 9.87. The Morgan fingerprint density at radius 3 is 2.32 bits per heavy atom. The second-order valence-electron chi connectivity index (χ2n) is 12.9. The molecule has 2 aliphatic rings. The second kappa shape index (κ2) is 9.70. The molecule has 1 amide bonds. The van der Waals surface area contributed by atoms with Gasteiger partial charge in [-0.15, -0.1) is 8.78 Å². The summed E-state index contributed by atoms with van der Waals surface area (Å²) in [4.78, 5) is 25.6. The molecule has 0 atom stereocenters. The number of alkyl carbamates (subject to hydrolysis) is 1. The monoisotopic (exact) mass is 572 g/mol. The van der Waals surface area contributed by atoms with Gasteiger partial charge in [-0.3, -0.25) is 4.79 Å². The van der Waals surface area contributed by atoms with Gasteiger partial charge in [0.2, 0.25) is 0 Å². The van der Waals surface area contributed by atoms with Gasteiger partial charge in [0.1, 0.15) is 17.2 Å². The van der Waals surface area contributed by atoms with Crippen LogP contribution in [0.15, 0.2) is 36.4 Å². The predicted molar refractivity (Wildman–Crippen MR) is 147 cm³/mol. The molecule has 3 aromatic rings. The van der Waals surface area contributed by atoms with Gasteiger partial charge in [0.05, 0.1) is 10.9 Å². The lowest BCUT2D eigenvalue weighted by Crippen LogP contribution is -2.34. The first-order chi connectivity index (χ1) is 19.0. The highest BCUT2D eigenvalue weighted by molar-refractivity contribution is 5.95. The van der Waals surface area contributed by atoms with Crippen LogP contribution in [0, 0.1) is 5.82 Å². The van der Waals surface area contributed by atoms with E-state index in [-0.39, 0.29) is 41.2 Å². The summed E-state index contributed by atoms with van der Waals surface area (Å²) >= 11 is 0. The molecule has 2 aromatic carbocycles. The number of hydrogen-bond donors (Lipinski definition) is 1. The summed E-state index contributed by atoms with van der Waals surface area (Å²) in [5.74, 6) is -0.888. The zero-order chi connectivity index (χ0) is 30.0. The molecule has 0 spiro atoms. The number of rotatable bonds is 7. The molecule has 0 bridgehead atoms. The third-order valence-corrected chi connectivity index (χ3v) is 7.43. The predicted octanol–water partition coefficient (Wildman–Crippen LogP) is 6.77. The van der Waals surface area contributed by atoms with E-state index in [0.29, 0.717) is 30.5 Å². The van der Waals surface area contributed by atoms with Gasteiger partial charge in [-0.05, 0) is 75.1 Å². The first-order valence-corrected chi connectivity index (χ1v) is 13.7. The highest BCUT2D eigenvalue weighted by Gasteiger charge is 2.52. The van der Waals surface area contributed by atoms with Gasteiger partial charge in [-0.2, -0.15) is 0 Å². The van der Waals surface area contributed by atoms with Crippen LogP contribution in [0.3, 0.4) is 0 Å². The molecular formula is C31H35F3N2O5. The third kappa shape index (κ3) is 5.87. The van der Waals surface area contributed by atoms with Crippen LogP contribution in [0.1, 0.15) is 71.2 Å². The van der Waals surface area contributed by atoms with Gasteiger partial charge in [-0.25, -0.2) is 9.18 Å². The van der Waals surface area contributed by atoms with E-state index in [4.69, 9.17) is 4.74 Å². The number of alkyl halides is 2. The molecule has 41 heavy (non-hydrogen) atoms. The lowest BCUT2D eigenvalue weighted by Gasteiger charge is -2.23. The van der Waals surface area contributed by atoms with E-state index in [1.54, 1.807) is 32.9 Å². The highest BCUT2D eigenvalue weighted by atomic mass is 19.3. The summed E-state index contributed by atoms with van der Waals surface area (Å²) in [7, 11) is 0. The molecule has 1 fully saturated rings. The molecule has 1 aliphatic carbocycles. The van der Waals surface area contributed by atoms with Crippen LogP contribution in [-0.2, 0) is 33.3 Å². The SMILES string of the molecule is CC(C)(C)OC(=O)NCCn1c(C(C)(C)C)cc2cc(CC(=O)C3(c4ccc5c(c4)OC(F)(F)O5)CC3)c(F)cc21. The van der Waals surface area contributed by atoms with E-state index in [0.717, 1.165) is 11.1 Å². The summed E-state index contributed by atoms with van der Waals surface area (Å²) in [5, 5.41) is 3.54. The minimum atomic E-state index is -3.74. The Hall–Kier alpha value is -3.69. The summed E-state index contributed by atoms with van der Waals surface area (Å²) in [6, 6.07) is 9.51. The quantitative estimate of drug-likeness (QED) is 0.338. The standard InChI is InChI=1S/C31H35F3N2O5/c1-28(2,3)25-14-19-13-18(21(32)17-22(19)36(25)12-11-35-27(38)41-29(4,5)6)15-26(37)30(9-10-30)20-7-8-23-24(16-20)40-31(33,34)39-23/h7-8,13-14,16-17H,9-12,15H2,1-6H3,(H,35,38). The van der Waals surface area contributed by atoms with Crippen LogP contribution in [0.2, 0.25) is 0 Å². The topological polar surface area (TPSA) is 78.8 Å².